The average molecular weight is 361 g/mol. The molecule has 2 rings (SSSR count). The molecule has 1 amide bonds. The molecule has 132 valence electrons. The molecule has 0 spiro atoms. The van der Waals surface area contributed by atoms with Gasteiger partial charge in [0.25, 0.3) is 5.91 Å². The predicted molar refractivity (Wildman–Crippen MR) is 92.8 cm³/mol. The summed E-state index contributed by atoms with van der Waals surface area (Å²) in [5, 5.41) is 0. The van der Waals surface area contributed by atoms with Crippen LogP contribution in [-0.2, 0) is 19.4 Å². The quantitative estimate of drug-likeness (QED) is 0.762. The Kier molecular flexibility index (Phi) is 5.58. The summed E-state index contributed by atoms with van der Waals surface area (Å²) < 4.78 is 29.1. The fraction of sp³-hybridized carbons (Fsp3) is 0.222. The molecular weight excluding hydrogens is 342 g/mol. The smallest absolute Gasteiger partial charge is 0.340 e. The largest absolute Gasteiger partial charge is 0.444 e. The van der Waals surface area contributed by atoms with Crippen LogP contribution < -0.4 is 0 Å². The molecule has 25 heavy (non-hydrogen) atoms. The number of amides is 1. The SMILES string of the molecule is CN(C)C(=O)[C@H](OC(=O)c1ccccc1S(C)(=O)=O)c1ccccc1. The average Bonchev–Trinajstić information content (AvgIpc) is 2.58. The number of hydrogen-bond acceptors (Lipinski definition) is 5. The van der Waals surface area contributed by atoms with Gasteiger partial charge in [0.05, 0.1) is 10.5 Å². The molecule has 0 aromatic heterocycles. The number of sulfone groups is 1. The Morgan fingerprint density at radius 2 is 1.52 bits per heavy atom. The summed E-state index contributed by atoms with van der Waals surface area (Å²) in [6.45, 7) is 0. The highest BCUT2D eigenvalue weighted by Gasteiger charge is 2.29. The lowest BCUT2D eigenvalue weighted by atomic mass is 10.1. The van der Waals surface area contributed by atoms with Gasteiger partial charge >= 0.3 is 5.97 Å². The molecule has 0 heterocycles. The summed E-state index contributed by atoms with van der Waals surface area (Å²) in [7, 11) is -0.507. The first kappa shape index (κ1) is 18.7. The Morgan fingerprint density at radius 3 is 2.08 bits per heavy atom. The van der Waals surface area contributed by atoms with Gasteiger partial charge < -0.3 is 9.64 Å². The lowest BCUT2D eigenvalue weighted by Gasteiger charge is -2.21. The molecule has 7 heteroatoms. The third-order valence-electron chi connectivity index (χ3n) is 3.50. The van der Waals surface area contributed by atoms with Crippen LogP contribution in [0.2, 0.25) is 0 Å². The Morgan fingerprint density at radius 1 is 0.960 bits per heavy atom. The Bertz CT molecular complexity index is 875. The van der Waals surface area contributed by atoms with E-state index >= 15 is 0 Å². The minimum absolute atomic E-state index is 0.0995. The Labute approximate surface area is 146 Å². The monoisotopic (exact) mass is 361 g/mol. The van der Waals surface area contributed by atoms with Crippen molar-refractivity contribution in [3.8, 4) is 0 Å². The number of esters is 1. The zero-order chi connectivity index (χ0) is 18.6. The molecule has 0 aliphatic heterocycles. The van der Waals surface area contributed by atoms with Crippen molar-refractivity contribution in [3.63, 3.8) is 0 Å². The molecule has 0 unspecified atom stereocenters. The zero-order valence-corrected chi connectivity index (χ0v) is 15.0. The van der Waals surface area contributed by atoms with Crippen molar-refractivity contribution in [1.82, 2.24) is 4.90 Å². The first-order valence-electron chi connectivity index (χ1n) is 7.48. The summed E-state index contributed by atoms with van der Waals surface area (Å²) in [5.41, 5.74) is 0.406. The lowest BCUT2D eigenvalue weighted by Crippen LogP contribution is -2.31. The van der Waals surface area contributed by atoms with Crippen LogP contribution in [0.3, 0.4) is 0 Å². The number of ether oxygens (including phenoxy) is 1. The van der Waals surface area contributed by atoms with Crippen LogP contribution >= 0.6 is 0 Å². The molecule has 0 aliphatic carbocycles. The van der Waals surface area contributed by atoms with Crippen molar-refractivity contribution in [2.75, 3.05) is 20.4 Å². The molecule has 2 aromatic rings. The standard InChI is InChI=1S/C18H19NO5S/c1-19(2)17(20)16(13-9-5-4-6-10-13)24-18(21)14-11-7-8-12-15(14)25(3,22)23/h4-12,16H,1-3H3/t16-/m1/s1. The fourth-order valence-electron chi connectivity index (χ4n) is 2.25. The summed E-state index contributed by atoms with van der Waals surface area (Å²) in [6, 6.07) is 14.3. The van der Waals surface area contributed by atoms with E-state index in [1.54, 1.807) is 44.4 Å². The van der Waals surface area contributed by atoms with Crippen molar-refractivity contribution < 1.29 is 22.7 Å². The van der Waals surface area contributed by atoms with Crippen LogP contribution in [0.25, 0.3) is 0 Å². The van der Waals surface area contributed by atoms with Gasteiger partial charge in [-0.15, -0.1) is 0 Å². The van der Waals surface area contributed by atoms with Crippen LogP contribution in [0.5, 0.6) is 0 Å². The number of carbonyl (C=O) groups excluding carboxylic acids is 2. The third kappa shape index (κ3) is 4.45. The third-order valence-corrected chi connectivity index (χ3v) is 4.65. The van der Waals surface area contributed by atoms with Gasteiger partial charge in [0.2, 0.25) is 6.10 Å². The van der Waals surface area contributed by atoms with Gasteiger partial charge in [-0.1, -0.05) is 42.5 Å². The number of carbonyl (C=O) groups is 2. The predicted octanol–water partition coefficient (Wildman–Crippen LogP) is 2.08. The highest BCUT2D eigenvalue weighted by Crippen LogP contribution is 2.23. The Hall–Kier alpha value is -2.67. The summed E-state index contributed by atoms with van der Waals surface area (Å²) in [5.74, 6) is -1.29. The normalized spacial score (nSPS) is 12.3. The fourth-order valence-corrected chi connectivity index (χ4v) is 3.13. The van der Waals surface area contributed by atoms with Crippen molar-refractivity contribution >= 4 is 21.7 Å². The van der Waals surface area contributed by atoms with E-state index in [9.17, 15) is 18.0 Å². The number of likely N-dealkylation sites (N-methyl/N-ethyl adjacent to an activating group) is 1. The summed E-state index contributed by atoms with van der Waals surface area (Å²) >= 11 is 0. The highest BCUT2D eigenvalue weighted by molar-refractivity contribution is 7.90. The van der Waals surface area contributed by atoms with Crippen molar-refractivity contribution in [2.45, 2.75) is 11.0 Å². The molecule has 0 fully saturated rings. The molecule has 1 atom stereocenters. The molecule has 0 radical (unpaired) electrons. The van der Waals surface area contributed by atoms with Crippen LogP contribution in [-0.4, -0.2) is 45.5 Å². The molecular formula is C18H19NO5S. The van der Waals surface area contributed by atoms with Gasteiger partial charge in [-0.2, -0.15) is 0 Å². The Balaban J connectivity index is 2.41. The van der Waals surface area contributed by atoms with E-state index in [-0.39, 0.29) is 10.5 Å². The first-order chi connectivity index (χ1) is 11.7. The van der Waals surface area contributed by atoms with E-state index in [0.29, 0.717) is 5.56 Å². The van der Waals surface area contributed by atoms with Crippen molar-refractivity contribution in [1.29, 1.82) is 0 Å². The summed E-state index contributed by atoms with van der Waals surface area (Å²) in [4.78, 5) is 26.2. The molecule has 6 nitrogen and oxygen atoms in total. The van der Waals surface area contributed by atoms with Gasteiger partial charge in [-0.3, -0.25) is 4.79 Å². The van der Waals surface area contributed by atoms with E-state index < -0.39 is 27.8 Å². The van der Waals surface area contributed by atoms with Gasteiger partial charge in [0.15, 0.2) is 9.84 Å². The molecule has 0 N–H and O–H groups in total. The van der Waals surface area contributed by atoms with Gasteiger partial charge in [-0.25, -0.2) is 13.2 Å². The van der Waals surface area contributed by atoms with Gasteiger partial charge in [0.1, 0.15) is 0 Å². The van der Waals surface area contributed by atoms with Crippen LogP contribution in [0.1, 0.15) is 22.0 Å². The summed E-state index contributed by atoms with van der Waals surface area (Å²) in [6.07, 6.45) is -0.144. The van der Waals surface area contributed by atoms with E-state index in [2.05, 4.69) is 0 Å². The second kappa shape index (κ2) is 7.48. The first-order valence-corrected chi connectivity index (χ1v) is 9.37. The van der Waals surface area contributed by atoms with Crippen LogP contribution in [0.4, 0.5) is 0 Å². The number of benzene rings is 2. The van der Waals surface area contributed by atoms with Crippen molar-refractivity contribution in [3.05, 3.63) is 65.7 Å². The second-order valence-electron chi connectivity index (χ2n) is 5.70. The maximum Gasteiger partial charge on any atom is 0.340 e. The van der Waals surface area contributed by atoms with Gasteiger partial charge in [0, 0.05) is 25.9 Å². The van der Waals surface area contributed by atoms with E-state index in [0.717, 1.165) is 6.26 Å². The topological polar surface area (TPSA) is 80.8 Å². The number of hydrogen-bond donors (Lipinski definition) is 0. The van der Waals surface area contributed by atoms with E-state index in [4.69, 9.17) is 4.74 Å². The maximum atomic E-state index is 12.6. The van der Waals surface area contributed by atoms with E-state index in [1.807, 2.05) is 0 Å². The molecule has 0 saturated heterocycles. The lowest BCUT2D eigenvalue weighted by molar-refractivity contribution is -0.138. The van der Waals surface area contributed by atoms with Gasteiger partial charge in [-0.05, 0) is 12.1 Å². The van der Waals surface area contributed by atoms with Crippen molar-refractivity contribution in [2.24, 2.45) is 0 Å². The minimum Gasteiger partial charge on any atom is -0.444 e. The zero-order valence-electron chi connectivity index (χ0n) is 14.2. The van der Waals surface area contributed by atoms with Crippen LogP contribution in [0, 0.1) is 0 Å². The molecule has 2 aromatic carbocycles. The molecule has 0 bridgehead atoms. The maximum absolute atomic E-state index is 12.6. The molecule has 0 aliphatic rings. The second-order valence-corrected chi connectivity index (χ2v) is 7.68. The number of nitrogens with zero attached hydrogens (tertiary/aromatic N) is 1. The van der Waals surface area contributed by atoms with E-state index in [1.165, 1.54) is 29.2 Å². The molecule has 0 saturated carbocycles. The van der Waals surface area contributed by atoms with Crippen LogP contribution in [0.15, 0.2) is 59.5 Å². The minimum atomic E-state index is -3.61. The highest BCUT2D eigenvalue weighted by atomic mass is 32.2. The number of rotatable bonds is 5.